The Kier molecular flexibility index (Phi) is 4.80. The number of carbonyl (C=O) groups is 1. The van der Waals surface area contributed by atoms with E-state index in [4.69, 9.17) is 9.47 Å². The third-order valence-corrected chi connectivity index (χ3v) is 4.29. The molecule has 1 amide bonds. The molecule has 0 saturated heterocycles. The number of rotatable bonds is 6. The molecule has 0 bridgehead atoms. The Hall–Kier alpha value is -2.41. The fourth-order valence-electron chi connectivity index (χ4n) is 2.99. The molecular weight excluding hydrogens is 308 g/mol. The van der Waals surface area contributed by atoms with Gasteiger partial charge < -0.3 is 18.9 Å². The molecule has 2 aromatic rings. The molecule has 0 unspecified atom stereocenters. The van der Waals surface area contributed by atoms with Crippen LogP contribution in [0, 0.1) is 0 Å². The van der Waals surface area contributed by atoms with E-state index in [1.54, 1.807) is 14.2 Å². The molecular formula is C17H22N4O3. The average molecular weight is 330 g/mol. The molecule has 3 rings (SSSR count). The summed E-state index contributed by atoms with van der Waals surface area (Å²) in [7, 11) is 3.29. The lowest BCUT2D eigenvalue weighted by atomic mass is 10.1. The standard InChI is InChI=1S/C17H22N4O3/c1-12-17(22)20(10-13-4-6-14(24-3)7-5-13)11-16-19-18-15(21(12)16)8-9-23-2/h4-7,12H,8-11H2,1-3H3/t12-/m0/s1. The van der Waals surface area contributed by atoms with E-state index in [1.165, 1.54) is 0 Å². The number of hydrogen-bond acceptors (Lipinski definition) is 5. The first-order valence-corrected chi connectivity index (χ1v) is 7.97. The molecule has 1 aliphatic heterocycles. The van der Waals surface area contributed by atoms with Crippen LogP contribution in [0.4, 0.5) is 0 Å². The fraction of sp³-hybridized carbons (Fsp3) is 0.471. The highest BCUT2D eigenvalue weighted by Crippen LogP contribution is 2.25. The topological polar surface area (TPSA) is 69.5 Å². The number of methoxy groups -OCH3 is 2. The molecule has 7 heteroatoms. The van der Waals surface area contributed by atoms with E-state index in [1.807, 2.05) is 40.7 Å². The van der Waals surface area contributed by atoms with Gasteiger partial charge in [-0.05, 0) is 24.6 Å². The number of benzene rings is 1. The minimum Gasteiger partial charge on any atom is -0.497 e. The van der Waals surface area contributed by atoms with Crippen LogP contribution in [0.5, 0.6) is 5.75 Å². The minimum absolute atomic E-state index is 0.0804. The summed E-state index contributed by atoms with van der Waals surface area (Å²) in [6, 6.07) is 7.45. The van der Waals surface area contributed by atoms with Crippen molar-refractivity contribution in [3.8, 4) is 5.75 Å². The van der Waals surface area contributed by atoms with Crippen molar-refractivity contribution in [1.29, 1.82) is 0 Å². The maximum atomic E-state index is 12.7. The number of hydrogen-bond donors (Lipinski definition) is 0. The molecule has 7 nitrogen and oxygen atoms in total. The lowest BCUT2D eigenvalue weighted by Crippen LogP contribution is -2.41. The van der Waals surface area contributed by atoms with Crippen LogP contribution in [0.1, 0.15) is 30.2 Å². The van der Waals surface area contributed by atoms with Gasteiger partial charge in [0.05, 0.1) is 20.3 Å². The molecule has 0 aliphatic carbocycles. The van der Waals surface area contributed by atoms with Gasteiger partial charge in [-0.2, -0.15) is 0 Å². The summed E-state index contributed by atoms with van der Waals surface area (Å²) in [5.74, 6) is 2.51. The Balaban J connectivity index is 1.77. The summed E-state index contributed by atoms with van der Waals surface area (Å²) in [6.07, 6.45) is 0.652. The molecule has 128 valence electrons. The van der Waals surface area contributed by atoms with E-state index >= 15 is 0 Å². The molecule has 24 heavy (non-hydrogen) atoms. The van der Waals surface area contributed by atoms with Crippen LogP contribution in [0.25, 0.3) is 0 Å². The highest BCUT2D eigenvalue weighted by molar-refractivity contribution is 5.81. The van der Waals surface area contributed by atoms with Gasteiger partial charge in [0.2, 0.25) is 5.91 Å². The summed E-state index contributed by atoms with van der Waals surface area (Å²) in [4.78, 5) is 14.5. The quantitative estimate of drug-likeness (QED) is 0.804. The molecule has 2 heterocycles. The first-order chi connectivity index (χ1) is 11.6. The minimum atomic E-state index is -0.297. The van der Waals surface area contributed by atoms with Crippen molar-refractivity contribution in [2.75, 3.05) is 20.8 Å². The van der Waals surface area contributed by atoms with Gasteiger partial charge in [0.15, 0.2) is 5.82 Å². The number of ether oxygens (including phenoxy) is 2. The summed E-state index contributed by atoms with van der Waals surface area (Å²) >= 11 is 0. The van der Waals surface area contributed by atoms with Crippen LogP contribution >= 0.6 is 0 Å². The van der Waals surface area contributed by atoms with E-state index in [0.29, 0.717) is 26.1 Å². The Morgan fingerprint density at radius 3 is 2.62 bits per heavy atom. The maximum Gasteiger partial charge on any atom is 0.246 e. The maximum absolute atomic E-state index is 12.7. The zero-order valence-corrected chi connectivity index (χ0v) is 14.2. The van der Waals surface area contributed by atoms with E-state index in [0.717, 1.165) is 23.0 Å². The van der Waals surface area contributed by atoms with Gasteiger partial charge in [0.1, 0.15) is 17.6 Å². The van der Waals surface area contributed by atoms with Crippen molar-refractivity contribution >= 4 is 5.91 Å². The summed E-state index contributed by atoms with van der Waals surface area (Å²) in [5.41, 5.74) is 1.06. The van der Waals surface area contributed by atoms with E-state index in [-0.39, 0.29) is 11.9 Å². The smallest absolute Gasteiger partial charge is 0.246 e. The van der Waals surface area contributed by atoms with Crippen molar-refractivity contribution in [2.45, 2.75) is 32.5 Å². The van der Waals surface area contributed by atoms with Crippen LogP contribution in [-0.2, 0) is 29.0 Å². The fourth-order valence-corrected chi connectivity index (χ4v) is 2.99. The lowest BCUT2D eigenvalue weighted by Gasteiger charge is -2.32. The average Bonchev–Trinajstić information content (AvgIpc) is 3.01. The number of amides is 1. The molecule has 0 radical (unpaired) electrons. The van der Waals surface area contributed by atoms with Gasteiger partial charge >= 0.3 is 0 Å². The lowest BCUT2D eigenvalue weighted by molar-refractivity contribution is -0.137. The van der Waals surface area contributed by atoms with E-state index in [9.17, 15) is 4.79 Å². The van der Waals surface area contributed by atoms with Crippen molar-refractivity contribution in [2.24, 2.45) is 0 Å². The molecule has 0 spiro atoms. The molecule has 1 aromatic heterocycles. The monoisotopic (exact) mass is 330 g/mol. The van der Waals surface area contributed by atoms with Crippen molar-refractivity contribution in [3.05, 3.63) is 41.5 Å². The Bertz CT molecular complexity index is 711. The van der Waals surface area contributed by atoms with Gasteiger partial charge in [-0.1, -0.05) is 12.1 Å². The van der Waals surface area contributed by atoms with Crippen LogP contribution in [0.15, 0.2) is 24.3 Å². The molecule has 0 saturated carbocycles. The van der Waals surface area contributed by atoms with Crippen LogP contribution in [0.2, 0.25) is 0 Å². The second kappa shape index (κ2) is 7.00. The summed E-state index contributed by atoms with van der Waals surface area (Å²) in [6.45, 7) is 3.48. The number of carbonyl (C=O) groups excluding carboxylic acids is 1. The molecule has 1 aromatic carbocycles. The Morgan fingerprint density at radius 1 is 1.21 bits per heavy atom. The SMILES string of the molecule is COCCc1nnc2n1[C@@H](C)C(=O)N(Cc1ccc(OC)cc1)C2. The predicted octanol–water partition coefficient (Wildman–Crippen LogP) is 1.58. The van der Waals surface area contributed by atoms with Crippen LogP contribution < -0.4 is 4.74 Å². The van der Waals surface area contributed by atoms with Crippen LogP contribution in [-0.4, -0.2) is 46.4 Å². The third-order valence-electron chi connectivity index (χ3n) is 4.29. The number of nitrogens with zero attached hydrogens (tertiary/aromatic N) is 4. The predicted molar refractivity (Wildman–Crippen MR) is 87.6 cm³/mol. The van der Waals surface area contributed by atoms with Gasteiger partial charge in [-0.25, -0.2) is 0 Å². The van der Waals surface area contributed by atoms with E-state index < -0.39 is 0 Å². The Morgan fingerprint density at radius 2 is 1.96 bits per heavy atom. The number of fused-ring (bicyclic) bond motifs is 1. The third kappa shape index (κ3) is 3.12. The molecule has 0 fully saturated rings. The molecule has 0 N–H and O–H groups in total. The normalized spacial score (nSPS) is 17.0. The largest absolute Gasteiger partial charge is 0.497 e. The zero-order chi connectivity index (χ0) is 17.1. The van der Waals surface area contributed by atoms with Crippen molar-refractivity contribution < 1.29 is 14.3 Å². The van der Waals surface area contributed by atoms with Gasteiger partial charge in [0.25, 0.3) is 0 Å². The molecule has 1 aliphatic rings. The zero-order valence-electron chi connectivity index (χ0n) is 14.2. The first-order valence-electron chi connectivity index (χ1n) is 7.97. The van der Waals surface area contributed by atoms with Crippen molar-refractivity contribution in [1.82, 2.24) is 19.7 Å². The van der Waals surface area contributed by atoms with Gasteiger partial charge in [-0.3, -0.25) is 4.79 Å². The van der Waals surface area contributed by atoms with Crippen LogP contribution in [0.3, 0.4) is 0 Å². The second-order valence-electron chi connectivity index (χ2n) is 5.86. The second-order valence-corrected chi connectivity index (χ2v) is 5.86. The van der Waals surface area contributed by atoms with Crippen molar-refractivity contribution in [3.63, 3.8) is 0 Å². The summed E-state index contributed by atoms with van der Waals surface area (Å²) < 4.78 is 12.2. The Labute approximate surface area is 141 Å². The highest BCUT2D eigenvalue weighted by Gasteiger charge is 2.32. The van der Waals surface area contributed by atoms with E-state index in [2.05, 4.69) is 10.2 Å². The number of aromatic nitrogens is 3. The summed E-state index contributed by atoms with van der Waals surface area (Å²) in [5, 5.41) is 8.48. The van der Waals surface area contributed by atoms with Gasteiger partial charge in [0, 0.05) is 20.1 Å². The van der Waals surface area contributed by atoms with Gasteiger partial charge in [-0.15, -0.1) is 10.2 Å². The first kappa shape index (κ1) is 16.4. The highest BCUT2D eigenvalue weighted by atomic mass is 16.5. The molecule has 1 atom stereocenters.